The Bertz CT molecular complexity index is 472. The van der Waals surface area contributed by atoms with E-state index in [0.29, 0.717) is 5.96 Å². The molecule has 0 radical (unpaired) electrons. The molecule has 116 valence electrons. The second-order valence-corrected chi connectivity index (χ2v) is 5.37. The molecule has 1 aromatic rings. The highest BCUT2D eigenvalue weighted by Gasteiger charge is 2.48. The molecule has 1 saturated carbocycles. The van der Waals surface area contributed by atoms with E-state index in [9.17, 15) is 0 Å². The number of hydrogen-bond acceptors (Lipinski definition) is 4. The topological polar surface area (TPSA) is 75.8 Å². The summed E-state index contributed by atoms with van der Waals surface area (Å²) < 4.78 is 5.40. The lowest BCUT2D eigenvalue weighted by Gasteiger charge is -2.34. The number of nitrogens with zero attached hydrogens (tertiary/aromatic N) is 3. The molecule has 2 fully saturated rings. The average Bonchev–Trinajstić information content (AvgIpc) is 3.28. The lowest BCUT2D eigenvalue weighted by Crippen LogP contribution is -2.47. The zero-order valence-corrected chi connectivity index (χ0v) is 14.3. The van der Waals surface area contributed by atoms with E-state index in [2.05, 4.69) is 20.2 Å². The highest BCUT2D eigenvalue weighted by molar-refractivity contribution is 14.0. The minimum atomic E-state index is 0. The van der Waals surface area contributed by atoms with Gasteiger partial charge in [-0.1, -0.05) is 6.07 Å². The minimum absolute atomic E-state index is 0. The maximum atomic E-state index is 5.93. The Labute approximate surface area is 142 Å². The largest absolute Gasteiger partial charge is 0.379 e. The molecular formula is C14H22IN5O. The van der Waals surface area contributed by atoms with Crippen molar-refractivity contribution in [2.45, 2.75) is 18.4 Å². The van der Waals surface area contributed by atoms with Gasteiger partial charge in [-0.25, -0.2) is 4.98 Å². The molecule has 3 N–H and O–H groups in total. The van der Waals surface area contributed by atoms with Gasteiger partial charge in [-0.05, 0) is 25.0 Å². The van der Waals surface area contributed by atoms with Crippen molar-refractivity contribution in [1.82, 2.24) is 9.88 Å². The van der Waals surface area contributed by atoms with Gasteiger partial charge in [-0.3, -0.25) is 9.89 Å². The van der Waals surface area contributed by atoms with Gasteiger partial charge in [0.25, 0.3) is 0 Å². The summed E-state index contributed by atoms with van der Waals surface area (Å²) in [7, 11) is 0. The molecule has 3 rings (SSSR count). The number of morpholine rings is 1. The van der Waals surface area contributed by atoms with E-state index < -0.39 is 0 Å². The summed E-state index contributed by atoms with van der Waals surface area (Å²) in [4.78, 5) is 11.2. The molecule has 1 aromatic heterocycles. The number of aromatic nitrogens is 1. The summed E-state index contributed by atoms with van der Waals surface area (Å²) in [6.07, 6.45) is 4.13. The molecule has 0 atom stereocenters. The fraction of sp³-hybridized carbons (Fsp3) is 0.571. The summed E-state index contributed by atoms with van der Waals surface area (Å²) in [6.45, 7) is 4.41. The van der Waals surface area contributed by atoms with E-state index in [-0.39, 0.29) is 29.5 Å². The van der Waals surface area contributed by atoms with Crippen LogP contribution in [0.25, 0.3) is 0 Å². The Kier molecular flexibility index (Phi) is 5.77. The summed E-state index contributed by atoms with van der Waals surface area (Å²) >= 11 is 0. The molecule has 2 heterocycles. The maximum absolute atomic E-state index is 5.93. The van der Waals surface area contributed by atoms with Crippen molar-refractivity contribution in [3.8, 4) is 0 Å². The van der Waals surface area contributed by atoms with Crippen LogP contribution in [0.1, 0.15) is 12.8 Å². The summed E-state index contributed by atoms with van der Waals surface area (Å²) in [5.74, 6) is 1.16. The van der Waals surface area contributed by atoms with Crippen molar-refractivity contribution in [2.24, 2.45) is 10.7 Å². The molecule has 1 saturated heterocycles. The van der Waals surface area contributed by atoms with Crippen LogP contribution in [0.4, 0.5) is 5.82 Å². The normalized spacial score (nSPS) is 21.4. The zero-order valence-electron chi connectivity index (χ0n) is 12.0. The van der Waals surface area contributed by atoms with Crippen LogP contribution in [0.3, 0.4) is 0 Å². The molecule has 2 aliphatic rings. The van der Waals surface area contributed by atoms with E-state index >= 15 is 0 Å². The molecule has 1 aliphatic carbocycles. The Morgan fingerprint density at radius 1 is 1.38 bits per heavy atom. The van der Waals surface area contributed by atoms with Crippen LogP contribution in [0.5, 0.6) is 0 Å². The van der Waals surface area contributed by atoms with Crippen molar-refractivity contribution >= 4 is 35.8 Å². The van der Waals surface area contributed by atoms with Crippen LogP contribution in [-0.4, -0.2) is 54.2 Å². The van der Waals surface area contributed by atoms with E-state index in [4.69, 9.17) is 10.5 Å². The van der Waals surface area contributed by atoms with E-state index in [0.717, 1.165) is 38.7 Å². The Morgan fingerprint density at radius 2 is 2.14 bits per heavy atom. The van der Waals surface area contributed by atoms with Gasteiger partial charge in [0.2, 0.25) is 0 Å². The van der Waals surface area contributed by atoms with Gasteiger partial charge in [0.05, 0.1) is 19.8 Å². The molecule has 0 spiro atoms. The number of ether oxygens (including phenoxy) is 1. The van der Waals surface area contributed by atoms with Crippen LogP contribution in [-0.2, 0) is 4.74 Å². The van der Waals surface area contributed by atoms with Crippen LogP contribution >= 0.6 is 24.0 Å². The van der Waals surface area contributed by atoms with Crippen molar-refractivity contribution in [3.63, 3.8) is 0 Å². The monoisotopic (exact) mass is 403 g/mol. The van der Waals surface area contributed by atoms with Gasteiger partial charge >= 0.3 is 0 Å². The Balaban J connectivity index is 0.00000161. The average molecular weight is 403 g/mol. The number of nitrogens with two attached hydrogens (primary N) is 1. The van der Waals surface area contributed by atoms with Crippen LogP contribution < -0.4 is 11.1 Å². The predicted molar refractivity (Wildman–Crippen MR) is 94.1 cm³/mol. The highest BCUT2D eigenvalue weighted by Crippen LogP contribution is 2.42. The summed E-state index contributed by atoms with van der Waals surface area (Å²) in [6, 6.07) is 5.66. The lowest BCUT2D eigenvalue weighted by atomic mass is 10.2. The van der Waals surface area contributed by atoms with E-state index in [1.807, 2.05) is 18.2 Å². The van der Waals surface area contributed by atoms with E-state index in [1.165, 1.54) is 12.8 Å². The summed E-state index contributed by atoms with van der Waals surface area (Å²) in [5, 5.41) is 3.02. The maximum Gasteiger partial charge on any atom is 0.194 e. The predicted octanol–water partition coefficient (Wildman–Crippen LogP) is 1.29. The molecule has 7 heteroatoms. The number of nitrogens with one attached hydrogen (secondary N) is 1. The summed E-state index contributed by atoms with van der Waals surface area (Å²) in [5.41, 5.74) is 6.15. The van der Waals surface area contributed by atoms with Gasteiger partial charge in [-0.2, -0.15) is 0 Å². The fourth-order valence-corrected chi connectivity index (χ4v) is 2.60. The van der Waals surface area contributed by atoms with E-state index in [1.54, 1.807) is 6.20 Å². The van der Waals surface area contributed by atoms with Crippen LogP contribution in [0.15, 0.2) is 29.4 Å². The van der Waals surface area contributed by atoms with Crippen molar-refractivity contribution in [3.05, 3.63) is 24.4 Å². The van der Waals surface area contributed by atoms with Crippen molar-refractivity contribution in [1.29, 1.82) is 0 Å². The molecule has 0 bridgehead atoms. The number of pyridine rings is 1. The smallest absolute Gasteiger partial charge is 0.194 e. The van der Waals surface area contributed by atoms with Gasteiger partial charge in [-0.15, -0.1) is 24.0 Å². The number of anilines is 1. The standard InChI is InChI=1S/C14H21N5O.HI/c15-13(18-12-3-1-2-6-16-12)17-11-14(4-5-14)19-7-9-20-10-8-19;/h1-3,6H,4-5,7-11H2,(H3,15,16,17,18);1H. The second kappa shape index (κ2) is 7.37. The number of hydrogen-bond donors (Lipinski definition) is 2. The number of aliphatic imine (C=N–C) groups is 1. The van der Waals surface area contributed by atoms with Crippen molar-refractivity contribution in [2.75, 3.05) is 38.2 Å². The first kappa shape index (κ1) is 16.4. The second-order valence-electron chi connectivity index (χ2n) is 5.37. The SMILES string of the molecule is I.NC(=NCC1(N2CCOCC2)CC1)Nc1ccccn1. The third-order valence-corrected chi connectivity index (χ3v) is 3.97. The fourth-order valence-electron chi connectivity index (χ4n) is 2.60. The lowest BCUT2D eigenvalue weighted by molar-refractivity contribution is 0.0117. The minimum Gasteiger partial charge on any atom is -0.379 e. The van der Waals surface area contributed by atoms with Crippen LogP contribution in [0, 0.1) is 0 Å². The molecule has 0 amide bonds. The Morgan fingerprint density at radius 3 is 2.76 bits per heavy atom. The first-order valence-corrected chi connectivity index (χ1v) is 7.09. The molecule has 21 heavy (non-hydrogen) atoms. The first-order chi connectivity index (χ1) is 9.78. The van der Waals surface area contributed by atoms with Gasteiger partial charge in [0.1, 0.15) is 5.82 Å². The van der Waals surface area contributed by atoms with Gasteiger partial charge in [0, 0.05) is 24.8 Å². The Hall–Kier alpha value is -0.930. The van der Waals surface area contributed by atoms with Crippen LogP contribution in [0.2, 0.25) is 0 Å². The van der Waals surface area contributed by atoms with Crippen molar-refractivity contribution < 1.29 is 4.74 Å². The number of guanidine groups is 1. The third kappa shape index (κ3) is 4.27. The van der Waals surface area contributed by atoms with Gasteiger partial charge < -0.3 is 15.8 Å². The molecule has 0 aromatic carbocycles. The molecule has 0 unspecified atom stereocenters. The third-order valence-electron chi connectivity index (χ3n) is 3.97. The molecular weight excluding hydrogens is 381 g/mol. The highest BCUT2D eigenvalue weighted by atomic mass is 127. The van der Waals surface area contributed by atoms with Gasteiger partial charge in [0.15, 0.2) is 5.96 Å². The molecule has 1 aliphatic heterocycles. The quantitative estimate of drug-likeness (QED) is 0.450. The molecule has 6 nitrogen and oxygen atoms in total. The first-order valence-electron chi connectivity index (χ1n) is 7.09. The number of halogens is 1. The number of rotatable bonds is 4. The zero-order chi connectivity index (χ0) is 13.8.